The van der Waals surface area contributed by atoms with Crippen molar-refractivity contribution >= 4 is 51.1 Å². The second-order valence-electron chi connectivity index (χ2n) is 6.70. The molecule has 0 aliphatic heterocycles. The van der Waals surface area contributed by atoms with Crippen LogP contribution in [0.25, 0.3) is 0 Å². The van der Waals surface area contributed by atoms with Crippen LogP contribution in [0.5, 0.6) is 0 Å². The number of nitrogens with zero attached hydrogens (tertiary/aromatic N) is 2. The second-order valence-corrected chi connectivity index (χ2v) is 9.99. The Morgan fingerprint density at radius 2 is 2.08 bits per heavy atom. The van der Waals surface area contributed by atoms with Gasteiger partial charge in [-0.15, -0.1) is 35.3 Å². The van der Waals surface area contributed by atoms with Gasteiger partial charge < -0.3 is 10.2 Å². The molecule has 0 bridgehead atoms. The number of hydrogen-bond donors (Lipinski definition) is 1. The summed E-state index contributed by atoms with van der Waals surface area (Å²) in [7, 11) is 0.873. The number of halogens is 1. The molecule has 0 spiro atoms. The van der Waals surface area contributed by atoms with Gasteiger partial charge >= 0.3 is 0 Å². The minimum atomic E-state index is -2.92. The predicted molar refractivity (Wildman–Crippen MR) is 116 cm³/mol. The molecule has 0 saturated carbocycles. The zero-order chi connectivity index (χ0) is 17.5. The molecule has 1 aromatic heterocycles. The van der Waals surface area contributed by atoms with Crippen LogP contribution in [0.2, 0.25) is 0 Å². The maximum Gasteiger partial charge on any atom is 0.193 e. The fourth-order valence-corrected chi connectivity index (χ4v) is 3.71. The molecule has 0 amide bonds. The molecule has 140 valence electrons. The molecule has 0 radical (unpaired) electrons. The van der Waals surface area contributed by atoms with Crippen molar-refractivity contribution in [3.63, 3.8) is 0 Å². The van der Waals surface area contributed by atoms with E-state index in [1.807, 2.05) is 7.05 Å². The quantitative estimate of drug-likeness (QED) is 0.348. The summed E-state index contributed by atoms with van der Waals surface area (Å²) in [5.41, 5.74) is -0.104. The molecular formula is C16H30IN3O2S2. The third-order valence-electron chi connectivity index (χ3n) is 3.72. The number of guanidine groups is 1. The Kier molecular flexibility index (Phi) is 10.4. The van der Waals surface area contributed by atoms with Gasteiger partial charge in [0.05, 0.1) is 5.75 Å². The third kappa shape index (κ3) is 9.83. The topological polar surface area (TPSA) is 61.8 Å². The van der Waals surface area contributed by atoms with E-state index in [1.165, 1.54) is 11.1 Å². The molecule has 0 fully saturated rings. The van der Waals surface area contributed by atoms with Crippen LogP contribution >= 0.6 is 35.3 Å². The minimum absolute atomic E-state index is 0. The van der Waals surface area contributed by atoms with Crippen LogP contribution in [-0.4, -0.2) is 58.5 Å². The number of aliphatic imine (C=N–C) groups is 1. The molecule has 8 heteroatoms. The van der Waals surface area contributed by atoms with E-state index in [4.69, 9.17) is 0 Å². The van der Waals surface area contributed by atoms with Crippen molar-refractivity contribution in [2.45, 2.75) is 26.7 Å². The molecule has 0 aliphatic rings. The first kappa shape index (κ1) is 23.6. The summed E-state index contributed by atoms with van der Waals surface area (Å²) in [6, 6.07) is 4.21. The zero-order valence-electron chi connectivity index (χ0n) is 15.2. The molecule has 1 rings (SSSR count). The summed E-state index contributed by atoms with van der Waals surface area (Å²) in [5.74, 6) is 1.06. The summed E-state index contributed by atoms with van der Waals surface area (Å²) in [5, 5.41) is 5.45. The third-order valence-corrected chi connectivity index (χ3v) is 5.60. The monoisotopic (exact) mass is 487 g/mol. The molecule has 0 atom stereocenters. The van der Waals surface area contributed by atoms with Crippen molar-refractivity contribution in [1.29, 1.82) is 0 Å². The van der Waals surface area contributed by atoms with Crippen molar-refractivity contribution in [1.82, 2.24) is 10.2 Å². The molecule has 0 saturated heterocycles. The standard InChI is InChI=1S/C16H29N3O2S2.HI/c1-16(2,9-12-23(5,20)21)13-18-15(17-3)19(4)10-8-14-7-6-11-22-14;/h6-7,11H,8-10,12-13H2,1-5H3,(H,17,18);1H. The lowest BCUT2D eigenvalue weighted by atomic mass is 9.90. The normalized spacial score (nSPS) is 12.6. The Labute approximate surface area is 167 Å². The van der Waals surface area contributed by atoms with Crippen LogP contribution < -0.4 is 5.32 Å². The first-order valence-electron chi connectivity index (χ1n) is 7.75. The van der Waals surface area contributed by atoms with E-state index in [0.29, 0.717) is 13.0 Å². The number of hydrogen-bond acceptors (Lipinski definition) is 4. The highest BCUT2D eigenvalue weighted by atomic mass is 127. The molecular weight excluding hydrogens is 457 g/mol. The number of likely N-dealkylation sites (N-methyl/N-ethyl adjacent to an activating group) is 1. The van der Waals surface area contributed by atoms with Gasteiger partial charge in [-0.1, -0.05) is 19.9 Å². The lowest BCUT2D eigenvalue weighted by molar-refractivity contribution is 0.341. The highest BCUT2D eigenvalue weighted by Gasteiger charge is 2.21. The fraction of sp³-hybridized carbons (Fsp3) is 0.688. The number of thiophene rings is 1. The largest absolute Gasteiger partial charge is 0.356 e. The zero-order valence-corrected chi connectivity index (χ0v) is 19.2. The summed E-state index contributed by atoms with van der Waals surface area (Å²) in [4.78, 5) is 7.78. The van der Waals surface area contributed by atoms with Crippen LogP contribution in [0, 0.1) is 5.41 Å². The van der Waals surface area contributed by atoms with Gasteiger partial charge in [0.2, 0.25) is 0 Å². The second kappa shape index (κ2) is 10.6. The highest BCUT2D eigenvalue weighted by molar-refractivity contribution is 14.0. The average molecular weight is 487 g/mol. The number of sulfone groups is 1. The number of rotatable bonds is 8. The highest BCUT2D eigenvalue weighted by Crippen LogP contribution is 2.20. The van der Waals surface area contributed by atoms with Crippen LogP contribution in [0.4, 0.5) is 0 Å². The molecule has 0 aliphatic carbocycles. The first-order chi connectivity index (χ1) is 10.6. The lowest BCUT2D eigenvalue weighted by Crippen LogP contribution is -2.44. The molecule has 1 aromatic rings. The van der Waals surface area contributed by atoms with E-state index in [2.05, 4.69) is 46.6 Å². The summed E-state index contributed by atoms with van der Waals surface area (Å²) < 4.78 is 22.7. The van der Waals surface area contributed by atoms with Crippen molar-refractivity contribution in [3.05, 3.63) is 22.4 Å². The molecule has 1 N–H and O–H groups in total. The molecule has 1 heterocycles. The molecule has 5 nitrogen and oxygen atoms in total. The van der Waals surface area contributed by atoms with Gasteiger partial charge in [-0.2, -0.15) is 0 Å². The Morgan fingerprint density at radius 1 is 1.42 bits per heavy atom. The van der Waals surface area contributed by atoms with Crippen LogP contribution in [0.15, 0.2) is 22.5 Å². The SMILES string of the molecule is CN=C(NCC(C)(C)CCS(C)(=O)=O)N(C)CCc1cccs1.I. The Balaban J connectivity index is 0.00000529. The van der Waals surface area contributed by atoms with Gasteiger partial charge in [0.15, 0.2) is 5.96 Å². The Bertz CT molecular complexity index is 599. The summed E-state index contributed by atoms with van der Waals surface area (Å²) in [6.07, 6.45) is 2.91. The van der Waals surface area contributed by atoms with Crippen LogP contribution in [-0.2, 0) is 16.3 Å². The Morgan fingerprint density at radius 3 is 2.58 bits per heavy atom. The molecule has 24 heavy (non-hydrogen) atoms. The van der Waals surface area contributed by atoms with Gasteiger partial charge in [-0.3, -0.25) is 4.99 Å². The van der Waals surface area contributed by atoms with E-state index in [-0.39, 0.29) is 35.1 Å². The summed E-state index contributed by atoms with van der Waals surface area (Å²) >= 11 is 1.77. The van der Waals surface area contributed by atoms with Crippen molar-refractivity contribution in [2.75, 3.05) is 39.2 Å². The molecule has 0 aromatic carbocycles. The maximum atomic E-state index is 11.3. The van der Waals surface area contributed by atoms with Gasteiger partial charge in [0, 0.05) is 38.3 Å². The lowest BCUT2D eigenvalue weighted by Gasteiger charge is -2.28. The Hall–Kier alpha value is -0.350. The minimum Gasteiger partial charge on any atom is -0.356 e. The van der Waals surface area contributed by atoms with E-state index >= 15 is 0 Å². The van der Waals surface area contributed by atoms with Gasteiger partial charge in [0.25, 0.3) is 0 Å². The van der Waals surface area contributed by atoms with E-state index < -0.39 is 9.84 Å². The van der Waals surface area contributed by atoms with Crippen molar-refractivity contribution in [2.24, 2.45) is 10.4 Å². The molecule has 0 unspecified atom stereocenters. The number of nitrogens with one attached hydrogen (secondary N) is 1. The maximum absolute atomic E-state index is 11.3. The van der Waals surface area contributed by atoms with Gasteiger partial charge in [-0.05, 0) is 29.7 Å². The van der Waals surface area contributed by atoms with Crippen LogP contribution in [0.3, 0.4) is 0 Å². The average Bonchev–Trinajstić information content (AvgIpc) is 2.96. The van der Waals surface area contributed by atoms with Crippen molar-refractivity contribution in [3.8, 4) is 0 Å². The fourth-order valence-electron chi connectivity index (χ4n) is 2.09. The summed E-state index contributed by atoms with van der Waals surface area (Å²) in [6.45, 7) is 5.73. The van der Waals surface area contributed by atoms with Crippen LogP contribution in [0.1, 0.15) is 25.1 Å². The van der Waals surface area contributed by atoms with Crippen molar-refractivity contribution < 1.29 is 8.42 Å². The van der Waals surface area contributed by atoms with Gasteiger partial charge in [0.1, 0.15) is 9.84 Å². The van der Waals surface area contributed by atoms with E-state index in [1.54, 1.807) is 18.4 Å². The smallest absolute Gasteiger partial charge is 0.193 e. The van der Waals surface area contributed by atoms with E-state index in [0.717, 1.165) is 18.9 Å². The van der Waals surface area contributed by atoms with E-state index in [9.17, 15) is 8.42 Å². The first-order valence-corrected chi connectivity index (χ1v) is 10.7. The predicted octanol–water partition coefficient (Wildman–Crippen LogP) is 2.88. The van der Waals surface area contributed by atoms with Gasteiger partial charge in [-0.25, -0.2) is 8.42 Å².